The van der Waals surface area contributed by atoms with Crippen LogP contribution in [0.25, 0.3) is 0 Å². The highest BCUT2D eigenvalue weighted by Gasteiger charge is 2.01. The van der Waals surface area contributed by atoms with Gasteiger partial charge < -0.3 is 9.64 Å². The van der Waals surface area contributed by atoms with Gasteiger partial charge in [0.2, 0.25) is 0 Å². The third-order valence-electron chi connectivity index (χ3n) is 2.43. The van der Waals surface area contributed by atoms with E-state index in [2.05, 4.69) is 18.7 Å². The van der Waals surface area contributed by atoms with Crippen LogP contribution in [0.1, 0.15) is 47.0 Å². The fourth-order valence-electron chi connectivity index (χ4n) is 1.57. The molecule has 0 aromatic heterocycles. The molecule has 0 aliphatic heterocycles. The van der Waals surface area contributed by atoms with E-state index in [1.54, 1.807) is 0 Å². The van der Waals surface area contributed by atoms with Crippen LogP contribution in [0.3, 0.4) is 0 Å². The van der Waals surface area contributed by atoms with Gasteiger partial charge in [0.05, 0.1) is 12.4 Å². The van der Waals surface area contributed by atoms with E-state index in [9.17, 15) is 0 Å². The highest BCUT2D eigenvalue weighted by atomic mass is 16.5. The molecule has 0 bridgehead atoms. The molecule has 0 N–H and O–H groups in total. The van der Waals surface area contributed by atoms with E-state index in [-0.39, 0.29) is 0 Å². The summed E-state index contributed by atoms with van der Waals surface area (Å²) in [6.45, 7) is 12.9. The Morgan fingerprint density at radius 1 is 1.13 bits per heavy atom. The second-order valence-electron chi connectivity index (χ2n) is 3.94. The molecule has 90 valence electrons. The van der Waals surface area contributed by atoms with Crippen LogP contribution in [0.2, 0.25) is 0 Å². The van der Waals surface area contributed by atoms with Crippen molar-refractivity contribution in [1.82, 2.24) is 4.90 Å². The van der Waals surface area contributed by atoms with Gasteiger partial charge in [0, 0.05) is 6.54 Å². The second-order valence-corrected chi connectivity index (χ2v) is 3.94. The molecule has 0 rings (SSSR count). The van der Waals surface area contributed by atoms with Crippen molar-refractivity contribution in [2.75, 3.05) is 26.2 Å². The predicted molar refractivity (Wildman–Crippen MR) is 67.0 cm³/mol. The second kappa shape index (κ2) is 10.0. The lowest BCUT2D eigenvalue weighted by molar-refractivity contribution is 0.182. The van der Waals surface area contributed by atoms with E-state index in [1.165, 1.54) is 32.5 Å². The molecule has 0 fully saturated rings. The maximum absolute atomic E-state index is 5.53. The molecule has 0 saturated heterocycles. The zero-order valence-corrected chi connectivity index (χ0v) is 10.9. The molecule has 0 heterocycles. The van der Waals surface area contributed by atoms with E-state index in [0.717, 1.165) is 18.8 Å². The first-order valence-corrected chi connectivity index (χ1v) is 6.22. The number of hydrogen-bond donors (Lipinski definition) is 0. The lowest BCUT2D eigenvalue weighted by Crippen LogP contribution is -2.27. The molecule has 2 heteroatoms. The summed E-state index contributed by atoms with van der Waals surface area (Å²) in [5.41, 5.74) is 0. The average molecular weight is 213 g/mol. The summed E-state index contributed by atoms with van der Waals surface area (Å²) in [6, 6.07) is 0. The zero-order valence-electron chi connectivity index (χ0n) is 10.9. The van der Waals surface area contributed by atoms with Crippen LogP contribution in [-0.4, -0.2) is 31.1 Å². The minimum atomic E-state index is 0.847. The van der Waals surface area contributed by atoms with Gasteiger partial charge in [0.25, 0.3) is 0 Å². The topological polar surface area (TPSA) is 12.5 Å². The van der Waals surface area contributed by atoms with Gasteiger partial charge in [0.15, 0.2) is 0 Å². The quantitative estimate of drug-likeness (QED) is 0.430. The molecule has 0 amide bonds. The van der Waals surface area contributed by atoms with Crippen LogP contribution >= 0.6 is 0 Å². The van der Waals surface area contributed by atoms with E-state index in [1.807, 2.05) is 19.9 Å². The van der Waals surface area contributed by atoms with Crippen LogP contribution in [0, 0.1) is 0 Å². The van der Waals surface area contributed by atoms with Crippen molar-refractivity contribution in [3.63, 3.8) is 0 Å². The minimum Gasteiger partial charge on any atom is -0.499 e. The van der Waals surface area contributed by atoms with Gasteiger partial charge in [-0.25, -0.2) is 0 Å². The summed E-state index contributed by atoms with van der Waals surface area (Å²) in [7, 11) is 0. The van der Waals surface area contributed by atoms with Crippen molar-refractivity contribution in [3.8, 4) is 0 Å². The highest BCUT2D eigenvalue weighted by Crippen LogP contribution is 1.99. The highest BCUT2D eigenvalue weighted by molar-refractivity contribution is 4.83. The Balaban J connectivity index is 3.52. The van der Waals surface area contributed by atoms with Crippen molar-refractivity contribution >= 4 is 0 Å². The Hall–Kier alpha value is -0.500. The molecule has 0 aliphatic carbocycles. The maximum atomic E-state index is 5.53. The fourth-order valence-corrected chi connectivity index (χ4v) is 1.57. The Morgan fingerprint density at radius 2 is 1.73 bits per heavy atom. The predicted octanol–water partition coefficient (Wildman–Crippen LogP) is 3.44. The van der Waals surface area contributed by atoms with Crippen molar-refractivity contribution in [2.45, 2.75) is 47.0 Å². The fraction of sp³-hybridized carbons (Fsp3) is 0.846. The van der Waals surface area contributed by atoms with E-state index >= 15 is 0 Å². The average Bonchev–Trinajstić information content (AvgIpc) is 2.24. The van der Waals surface area contributed by atoms with Gasteiger partial charge in [-0.2, -0.15) is 0 Å². The monoisotopic (exact) mass is 213 g/mol. The number of nitrogens with zero attached hydrogens (tertiary/aromatic N) is 1. The number of ether oxygens (including phenoxy) is 1. The SMILES string of the molecule is C/C=C(/C)OCCCN(CCC)CCC. The van der Waals surface area contributed by atoms with Crippen LogP contribution in [-0.2, 0) is 4.74 Å². The standard InChI is InChI=1S/C13H27NO/c1-5-9-14(10-6-2)11-8-12-15-13(4)7-3/h7H,5-6,8-12H2,1-4H3/b13-7-. The third kappa shape index (κ3) is 8.49. The van der Waals surface area contributed by atoms with Crippen LogP contribution in [0.15, 0.2) is 11.8 Å². The summed E-state index contributed by atoms with van der Waals surface area (Å²) < 4.78 is 5.53. The minimum absolute atomic E-state index is 0.847. The molecule has 0 atom stereocenters. The molecule has 2 nitrogen and oxygen atoms in total. The van der Waals surface area contributed by atoms with Gasteiger partial charge in [-0.15, -0.1) is 0 Å². The van der Waals surface area contributed by atoms with E-state index in [4.69, 9.17) is 4.74 Å². The van der Waals surface area contributed by atoms with Gasteiger partial charge >= 0.3 is 0 Å². The number of rotatable bonds is 9. The lowest BCUT2D eigenvalue weighted by Gasteiger charge is -2.20. The van der Waals surface area contributed by atoms with Crippen molar-refractivity contribution in [2.24, 2.45) is 0 Å². The summed E-state index contributed by atoms with van der Waals surface area (Å²) in [4.78, 5) is 2.52. The molecule has 0 aromatic rings. The van der Waals surface area contributed by atoms with Crippen LogP contribution < -0.4 is 0 Å². The first-order valence-electron chi connectivity index (χ1n) is 6.22. The Morgan fingerprint density at radius 3 is 2.20 bits per heavy atom. The molecular formula is C13H27NO. The molecule has 0 unspecified atom stereocenters. The Kier molecular flexibility index (Phi) is 9.70. The first kappa shape index (κ1) is 14.5. The summed E-state index contributed by atoms with van der Waals surface area (Å²) in [5, 5.41) is 0. The molecule has 0 aliphatic rings. The molecule has 0 spiro atoms. The Labute approximate surface area is 95.3 Å². The normalized spacial score (nSPS) is 12.2. The van der Waals surface area contributed by atoms with Gasteiger partial charge in [-0.1, -0.05) is 19.9 Å². The van der Waals surface area contributed by atoms with E-state index < -0.39 is 0 Å². The molecule has 0 aromatic carbocycles. The summed E-state index contributed by atoms with van der Waals surface area (Å²) in [6.07, 6.45) is 5.63. The van der Waals surface area contributed by atoms with Crippen LogP contribution in [0.5, 0.6) is 0 Å². The van der Waals surface area contributed by atoms with Gasteiger partial charge in [-0.3, -0.25) is 0 Å². The molecule has 15 heavy (non-hydrogen) atoms. The van der Waals surface area contributed by atoms with Crippen LogP contribution in [0.4, 0.5) is 0 Å². The number of allylic oxidation sites excluding steroid dienone is 2. The largest absolute Gasteiger partial charge is 0.499 e. The summed E-state index contributed by atoms with van der Waals surface area (Å²) >= 11 is 0. The van der Waals surface area contributed by atoms with Crippen molar-refractivity contribution in [1.29, 1.82) is 0 Å². The first-order chi connectivity index (χ1) is 7.24. The van der Waals surface area contributed by atoms with Gasteiger partial charge in [-0.05, 0) is 46.2 Å². The van der Waals surface area contributed by atoms with Crippen molar-refractivity contribution in [3.05, 3.63) is 11.8 Å². The smallest absolute Gasteiger partial charge is 0.0889 e. The van der Waals surface area contributed by atoms with E-state index in [0.29, 0.717) is 0 Å². The van der Waals surface area contributed by atoms with Crippen molar-refractivity contribution < 1.29 is 4.74 Å². The molecular weight excluding hydrogens is 186 g/mol. The van der Waals surface area contributed by atoms with Gasteiger partial charge in [0.1, 0.15) is 0 Å². The molecule has 0 radical (unpaired) electrons. The number of hydrogen-bond acceptors (Lipinski definition) is 2. The summed E-state index contributed by atoms with van der Waals surface area (Å²) in [5.74, 6) is 1.03. The third-order valence-corrected chi connectivity index (χ3v) is 2.43. The maximum Gasteiger partial charge on any atom is 0.0889 e. The lowest BCUT2D eigenvalue weighted by atomic mass is 10.3. The Bertz CT molecular complexity index is 160. The molecule has 0 saturated carbocycles. The zero-order chi connectivity index (χ0) is 11.5.